The molecule has 2 aromatic rings. The number of hydrogen-bond acceptors (Lipinski definition) is 4. The Kier molecular flexibility index (Phi) is 3.69. The maximum Gasteiger partial charge on any atom is 0.535 e. The molecule has 0 atom stereocenters. The molecule has 122 valence electrons. The van der Waals surface area contributed by atoms with Crippen molar-refractivity contribution in [1.82, 2.24) is 5.16 Å². The summed E-state index contributed by atoms with van der Waals surface area (Å²) >= 11 is 0. The molecule has 1 fully saturated rings. The average Bonchev–Trinajstić information content (AvgIpc) is 2.92. The molecule has 1 aliphatic rings. The molecular weight excluding hydrogens is 289 g/mol. The molecule has 1 saturated heterocycles. The Hall–Kier alpha value is -1.59. The van der Waals surface area contributed by atoms with Gasteiger partial charge in [0.25, 0.3) is 0 Å². The van der Waals surface area contributed by atoms with Gasteiger partial charge in [-0.05, 0) is 59.6 Å². The molecule has 0 saturated carbocycles. The molecular formula is C18H24BNO3. The van der Waals surface area contributed by atoms with Crippen molar-refractivity contribution < 1.29 is 13.8 Å². The molecule has 1 aromatic carbocycles. The van der Waals surface area contributed by atoms with Crippen molar-refractivity contribution in [2.75, 3.05) is 0 Å². The Morgan fingerprint density at radius 3 is 1.91 bits per heavy atom. The third-order valence-electron chi connectivity index (χ3n) is 4.95. The second-order valence-corrected chi connectivity index (χ2v) is 7.48. The van der Waals surface area contributed by atoms with Crippen LogP contribution in [0.2, 0.25) is 0 Å². The highest BCUT2D eigenvalue weighted by Crippen LogP contribution is 2.37. The number of aromatic nitrogens is 1. The maximum absolute atomic E-state index is 6.02. The van der Waals surface area contributed by atoms with E-state index in [0.717, 1.165) is 11.3 Å². The first-order chi connectivity index (χ1) is 10.6. The maximum atomic E-state index is 6.02. The van der Waals surface area contributed by atoms with E-state index in [1.165, 1.54) is 16.7 Å². The summed E-state index contributed by atoms with van der Waals surface area (Å²) in [5.41, 5.74) is 5.40. The summed E-state index contributed by atoms with van der Waals surface area (Å²) in [5.74, 6) is 0. The van der Waals surface area contributed by atoms with Crippen molar-refractivity contribution in [3.05, 3.63) is 34.9 Å². The molecule has 23 heavy (non-hydrogen) atoms. The molecule has 0 radical (unpaired) electrons. The molecule has 0 spiro atoms. The predicted octanol–water partition coefficient (Wildman–Crippen LogP) is 3.57. The largest absolute Gasteiger partial charge is 0.535 e. The molecule has 0 bridgehead atoms. The summed E-state index contributed by atoms with van der Waals surface area (Å²) in [5, 5.41) is 4.24. The van der Waals surface area contributed by atoms with E-state index in [2.05, 4.69) is 38.1 Å². The zero-order valence-electron chi connectivity index (χ0n) is 15.0. The molecule has 0 N–H and O–H groups in total. The van der Waals surface area contributed by atoms with Crippen molar-refractivity contribution in [1.29, 1.82) is 0 Å². The second kappa shape index (κ2) is 5.21. The van der Waals surface area contributed by atoms with Gasteiger partial charge in [-0.3, -0.25) is 0 Å². The average molecular weight is 313 g/mol. The van der Waals surface area contributed by atoms with Gasteiger partial charge in [0.2, 0.25) is 0 Å². The highest BCUT2D eigenvalue weighted by atomic mass is 16.7. The number of hydrogen-bond donors (Lipinski definition) is 0. The molecule has 3 rings (SSSR count). The van der Waals surface area contributed by atoms with E-state index >= 15 is 0 Å². The van der Waals surface area contributed by atoms with Crippen molar-refractivity contribution in [3.8, 4) is 11.3 Å². The van der Waals surface area contributed by atoms with Crippen LogP contribution in [0.4, 0.5) is 0 Å². The first kappa shape index (κ1) is 16.3. The van der Waals surface area contributed by atoms with Crippen LogP contribution < -0.4 is 5.66 Å². The minimum absolute atomic E-state index is 0.389. The zero-order valence-corrected chi connectivity index (χ0v) is 15.0. The number of aryl methyl sites for hydroxylation is 3. The number of benzene rings is 1. The topological polar surface area (TPSA) is 44.5 Å². The fourth-order valence-corrected chi connectivity index (χ4v) is 3.06. The van der Waals surface area contributed by atoms with Gasteiger partial charge in [0.05, 0.1) is 11.2 Å². The quantitative estimate of drug-likeness (QED) is 0.795. The molecule has 2 heterocycles. The van der Waals surface area contributed by atoms with Crippen LogP contribution in [0.5, 0.6) is 0 Å². The van der Waals surface area contributed by atoms with Crippen LogP contribution in [-0.2, 0) is 9.31 Å². The molecule has 0 unspecified atom stereocenters. The first-order valence-electron chi connectivity index (χ1n) is 8.01. The summed E-state index contributed by atoms with van der Waals surface area (Å²) < 4.78 is 17.6. The minimum Gasteiger partial charge on any atom is -0.397 e. The van der Waals surface area contributed by atoms with E-state index < -0.39 is 7.12 Å². The lowest BCUT2D eigenvalue weighted by Crippen LogP contribution is -2.41. The van der Waals surface area contributed by atoms with E-state index in [1.54, 1.807) is 0 Å². The van der Waals surface area contributed by atoms with Gasteiger partial charge in [-0.2, -0.15) is 0 Å². The Bertz CT molecular complexity index is 709. The lowest BCUT2D eigenvalue weighted by Gasteiger charge is -2.32. The van der Waals surface area contributed by atoms with Gasteiger partial charge in [0.1, 0.15) is 5.69 Å². The van der Waals surface area contributed by atoms with E-state index in [1.807, 2.05) is 33.8 Å². The summed E-state index contributed by atoms with van der Waals surface area (Å²) in [6.45, 7) is 14.4. The Balaban J connectivity index is 1.94. The van der Waals surface area contributed by atoms with Crippen molar-refractivity contribution in [2.24, 2.45) is 0 Å². The SMILES string of the molecule is Cc1cc(C)c(-c2cc(B3OC(C)(C)C(C)(C)O3)on2)c(C)c1. The lowest BCUT2D eigenvalue weighted by atomic mass is 9.85. The second-order valence-electron chi connectivity index (χ2n) is 7.48. The van der Waals surface area contributed by atoms with Gasteiger partial charge < -0.3 is 13.8 Å². The molecule has 0 amide bonds. The molecule has 4 nitrogen and oxygen atoms in total. The Labute approximate surface area is 138 Å². The molecule has 0 aliphatic carbocycles. The van der Waals surface area contributed by atoms with Crippen molar-refractivity contribution in [2.45, 2.75) is 59.7 Å². The smallest absolute Gasteiger partial charge is 0.397 e. The van der Waals surface area contributed by atoms with E-state index in [9.17, 15) is 0 Å². The monoisotopic (exact) mass is 313 g/mol. The third-order valence-corrected chi connectivity index (χ3v) is 4.95. The highest BCUT2D eigenvalue weighted by Gasteiger charge is 2.53. The predicted molar refractivity (Wildman–Crippen MR) is 91.9 cm³/mol. The van der Waals surface area contributed by atoms with Gasteiger partial charge in [0.15, 0.2) is 5.66 Å². The Morgan fingerprint density at radius 2 is 1.39 bits per heavy atom. The molecule has 5 heteroatoms. The van der Waals surface area contributed by atoms with E-state index in [-0.39, 0.29) is 11.2 Å². The lowest BCUT2D eigenvalue weighted by molar-refractivity contribution is 0.00578. The highest BCUT2D eigenvalue weighted by molar-refractivity contribution is 6.60. The number of rotatable bonds is 2. The van der Waals surface area contributed by atoms with Gasteiger partial charge in [-0.15, -0.1) is 0 Å². The number of nitrogens with zero attached hydrogens (tertiary/aromatic N) is 1. The zero-order chi connectivity index (χ0) is 17.0. The van der Waals surface area contributed by atoms with Gasteiger partial charge in [-0.25, -0.2) is 0 Å². The normalized spacial score (nSPS) is 19.3. The summed E-state index contributed by atoms with van der Waals surface area (Å²) in [6, 6.07) is 6.24. The van der Waals surface area contributed by atoms with Gasteiger partial charge in [0, 0.05) is 11.6 Å². The standard InChI is InChI=1S/C18H24BNO3/c1-11-8-12(2)16(13(3)9-11)14-10-15(21-20-14)19-22-17(4,5)18(6,7)23-19/h8-10H,1-7H3. The van der Waals surface area contributed by atoms with Crippen LogP contribution in [0.1, 0.15) is 44.4 Å². The van der Waals surface area contributed by atoms with Crippen LogP contribution in [0.25, 0.3) is 11.3 Å². The van der Waals surface area contributed by atoms with Gasteiger partial charge >= 0.3 is 7.12 Å². The van der Waals surface area contributed by atoms with Crippen LogP contribution in [0.3, 0.4) is 0 Å². The van der Waals surface area contributed by atoms with E-state index in [0.29, 0.717) is 5.66 Å². The van der Waals surface area contributed by atoms with Crippen molar-refractivity contribution >= 4 is 12.8 Å². The minimum atomic E-state index is -0.521. The third kappa shape index (κ3) is 2.72. The van der Waals surface area contributed by atoms with Crippen LogP contribution in [0, 0.1) is 20.8 Å². The Morgan fingerprint density at radius 1 is 0.870 bits per heavy atom. The fraction of sp³-hybridized carbons (Fsp3) is 0.500. The van der Waals surface area contributed by atoms with Crippen molar-refractivity contribution in [3.63, 3.8) is 0 Å². The molecule has 1 aromatic heterocycles. The van der Waals surface area contributed by atoms with E-state index in [4.69, 9.17) is 13.8 Å². The molecule has 1 aliphatic heterocycles. The summed E-state index contributed by atoms with van der Waals surface area (Å²) in [4.78, 5) is 0. The fourth-order valence-electron chi connectivity index (χ4n) is 3.06. The van der Waals surface area contributed by atoms with Gasteiger partial charge in [-0.1, -0.05) is 22.9 Å². The van der Waals surface area contributed by atoms with Crippen LogP contribution in [-0.4, -0.2) is 23.5 Å². The first-order valence-corrected chi connectivity index (χ1v) is 8.01. The summed E-state index contributed by atoms with van der Waals surface area (Å²) in [6.07, 6.45) is 0. The van der Waals surface area contributed by atoms with Crippen LogP contribution in [0.15, 0.2) is 22.7 Å². The summed E-state index contributed by atoms with van der Waals surface area (Å²) in [7, 11) is -0.521. The van der Waals surface area contributed by atoms with Crippen LogP contribution >= 0.6 is 0 Å².